The van der Waals surface area contributed by atoms with E-state index in [0.717, 1.165) is 0 Å². The van der Waals surface area contributed by atoms with Crippen LogP contribution in [0.1, 0.15) is 181 Å². The van der Waals surface area contributed by atoms with E-state index in [4.69, 9.17) is 0 Å². The Morgan fingerprint density at radius 1 is 0.486 bits per heavy atom. The van der Waals surface area contributed by atoms with E-state index in [9.17, 15) is 0 Å². The topological polar surface area (TPSA) is 8.81 Å². The summed E-state index contributed by atoms with van der Waals surface area (Å²) in [7, 11) is 0. The maximum atomic E-state index is 2.60. The molecular formula is C33H65N2+. The van der Waals surface area contributed by atoms with Gasteiger partial charge in [-0.1, -0.05) is 149 Å². The first-order valence-corrected chi connectivity index (χ1v) is 16.4. The van der Waals surface area contributed by atoms with Crippen molar-refractivity contribution < 1.29 is 4.57 Å². The molecule has 0 aliphatic heterocycles. The first-order chi connectivity index (χ1) is 17.3. The fourth-order valence-electron chi connectivity index (χ4n) is 5.41. The van der Waals surface area contributed by atoms with Crippen molar-refractivity contribution in [2.75, 3.05) is 0 Å². The molecule has 2 heteroatoms. The predicted octanol–water partition coefficient (Wildman–Crippen LogP) is 10.7. The quantitative estimate of drug-likeness (QED) is 0.0858. The van der Waals surface area contributed by atoms with Crippen molar-refractivity contribution in [1.82, 2.24) is 4.57 Å². The van der Waals surface area contributed by atoms with Gasteiger partial charge in [0.15, 0.2) is 0 Å². The lowest BCUT2D eigenvalue weighted by atomic mass is 10.1. The van der Waals surface area contributed by atoms with Gasteiger partial charge in [0.05, 0.1) is 13.1 Å². The molecule has 0 atom stereocenters. The van der Waals surface area contributed by atoms with Crippen LogP contribution < -0.4 is 4.57 Å². The number of aryl methyl sites for hydroxylation is 2. The molecule has 0 aliphatic rings. The molecule has 0 unspecified atom stereocenters. The van der Waals surface area contributed by atoms with Crippen LogP contribution in [0.2, 0.25) is 0 Å². The van der Waals surface area contributed by atoms with Crippen molar-refractivity contribution in [3.8, 4) is 0 Å². The van der Waals surface area contributed by atoms with Crippen LogP contribution in [0.15, 0.2) is 12.4 Å². The second-order valence-corrected chi connectivity index (χ2v) is 11.3. The van der Waals surface area contributed by atoms with Crippen molar-refractivity contribution >= 4 is 0 Å². The Morgan fingerprint density at radius 3 is 1.34 bits per heavy atom. The average Bonchev–Trinajstić information content (AvgIpc) is 3.25. The van der Waals surface area contributed by atoms with E-state index in [0.29, 0.717) is 0 Å². The molecule has 0 saturated heterocycles. The van der Waals surface area contributed by atoms with Gasteiger partial charge in [0.25, 0.3) is 5.82 Å². The van der Waals surface area contributed by atoms with Gasteiger partial charge in [-0.15, -0.1) is 0 Å². The molecule has 0 N–H and O–H groups in total. The van der Waals surface area contributed by atoms with Gasteiger partial charge in [-0.05, 0) is 25.7 Å². The summed E-state index contributed by atoms with van der Waals surface area (Å²) in [5.41, 5.74) is 0. The van der Waals surface area contributed by atoms with E-state index in [1.54, 1.807) is 5.82 Å². The lowest BCUT2D eigenvalue weighted by Crippen LogP contribution is -2.37. The first kappa shape index (κ1) is 32.2. The minimum Gasteiger partial charge on any atom is -0.234 e. The Morgan fingerprint density at radius 2 is 0.886 bits per heavy atom. The summed E-state index contributed by atoms with van der Waals surface area (Å²) in [6.07, 6.45) is 40.1. The van der Waals surface area contributed by atoms with Crippen molar-refractivity contribution in [3.05, 3.63) is 18.2 Å². The normalized spacial score (nSPS) is 11.5. The molecule has 1 rings (SSSR count). The van der Waals surface area contributed by atoms with Gasteiger partial charge < -0.3 is 0 Å². The Labute approximate surface area is 221 Å². The highest BCUT2D eigenvalue weighted by molar-refractivity contribution is 4.84. The molecule has 0 bridgehead atoms. The lowest BCUT2D eigenvalue weighted by Gasteiger charge is -2.06. The maximum absolute atomic E-state index is 2.60. The first-order valence-electron chi connectivity index (χ1n) is 16.4. The molecule has 0 aliphatic carbocycles. The van der Waals surface area contributed by atoms with E-state index in [1.807, 2.05) is 0 Å². The van der Waals surface area contributed by atoms with Crippen LogP contribution in [0.25, 0.3) is 0 Å². The highest BCUT2D eigenvalue weighted by Crippen LogP contribution is 2.14. The van der Waals surface area contributed by atoms with Crippen molar-refractivity contribution in [2.45, 2.75) is 194 Å². The van der Waals surface area contributed by atoms with Crippen molar-refractivity contribution in [2.24, 2.45) is 0 Å². The molecule has 1 heterocycles. The van der Waals surface area contributed by atoms with Crippen LogP contribution >= 0.6 is 0 Å². The number of rotatable bonds is 27. The molecule has 35 heavy (non-hydrogen) atoms. The molecule has 0 spiro atoms. The second kappa shape index (κ2) is 24.9. The van der Waals surface area contributed by atoms with Gasteiger partial charge in [0.1, 0.15) is 12.4 Å². The molecule has 2 nitrogen and oxygen atoms in total. The predicted molar refractivity (Wildman–Crippen MR) is 156 cm³/mol. The van der Waals surface area contributed by atoms with E-state index in [2.05, 4.69) is 42.3 Å². The summed E-state index contributed by atoms with van der Waals surface area (Å²) in [6, 6.07) is 0. The fourth-order valence-corrected chi connectivity index (χ4v) is 5.41. The molecule has 0 saturated carbocycles. The van der Waals surface area contributed by atoms with Crippen LogP contribution in [0, 0.1) is 0 Å². The van der Waals surface area contributed by atoms with Gasteiger partial charge in [-0.2, -0.15) is 0 Å². The summed E-state index contributed by atoms with van der Waals surface area (Å²) >= 11 is 0. The SMILES string of the molecule is CCCCCCCCCCCCCC[n+]1ccn(CCCC)c1CCCCCCCCCCCC. The Hall–Kier alpha value is -0.790. The van der Waals surface area contributed by atoms with Crippen molar-refractivity contribution in [1.29, 1.82) is 0 Å². The van der Waals surface area contributed by atoms with Crippen LogP contribution in [0.4, 0.5) is 0 Å². The Balaban J connectivity index is 2.17. The molecule has 1 aromatic heterocycles. The standard InChI is InChI=1S/C33H65N2/c1-4-7-10-12-14-16-18-19-21-23-25-27-30-35-32-31-34(29-9-6-3)33(35)28-26-24-22-20-17-15-13-11-8-5-2/h31-32H,4-30H2,1-3H3/q+1. The van der Waals surface area contributed by atoms with Crippen LogP contribution in [-0.2, 0) is 19.5 Å². The molecule has 206 valence electrons. The zero-order valence-corrected chi connectivity index (χ0v) is 24.6. The highest BCUT2D eigenvalue weighted by Gasteiger charge is 2.16. The molecular weight excluding hydrogens is 424 g/mol. The highest BCUT2D eigenvalue weighted by atomic mass is 15.1. The Kier molecular flexibility index (Phi) is 22.9. The molecule has 0 amide bonds. The third-order valence-electron chi connectivity index (χ3n) is 7.85. The number of aromatic nitrogens is 2. The fraction of sp³-hybridized carbons (Fsp3) is 0.909. The van der Waals surface area contributed by atoms with Crippen LogP contribution in [-0.4, -0.2) is 4.57 Å². The lowest BCUT2D eigenvalue weighted by molar-refractivity contribution is -0.704. The molecule has 1 aromatic rings. The van der Waals surface area contributed by atoms with Gasteiger partial charge in [0, 0.05) is 6.42 Å². The zero-order valence-electron chi connectivity index (χ0n) is 24.6. The van der Waals surface area contributed by atoms with E-state index in [1.165, 1.54) is 174 Å². The monoisotopic (exact) mass is 490 g/mol. The summed E-state index contributed by atoms with van der Waals surface area (Å²) in [6.45, 7) is 9.35. The van der Waals surface area contributed by atoms with E-state index < -0.39 is 0 Å². The number of hydrogen-bond donors (Lipinski definition) is 0. The van der Waals surface area contributed by atoms with Crippen molar-refractivity contribution in [3.63, 3.8) is 0 Å². The summed E-state index contributed by atoms with van der Waals surface area (Å²) in [5.74, 6) is 1.60. The minimum absolute atomic E-state index is 1.20. The number of hydrogen-bond acceptors (Lipinski definition) is 0. The molecule has 0 radical (unpaired) electrons. The number of imidazole rings is 1. The van der Waals surface area contributed by atoms with Crippen LogP contribution in [0.3, 0.4) is 0 Å². The molecule has 0 fully saturated rings. The summed E-state index contributed by atoms with van der Waals surface area (Å²) in [5, 5.41) is 0. The van der Waals surface area contributed by atoms with E-state index >= 15 is 0 Å². The second-order valence-electron chi connectivity index (χ2n) is 11.3. The smallest absolute Gasteiger partial charge is 0.234 e. The minimum atomic E-state index is 1.20. The summed E-state index contributed by atoms with van der Waals surface area (Å²) < 4.78 is 5.16. The largest absolute Gasteiger partial charge is 0.256 e. The number of unbranched alkanes of at least 4 members (excludes halogenated alkanes) is 21. The van der Waals surface area contributed by atoms with Gasteiger partial charge in [0.2, 0.25) is 0 Å². The third-order valence-corrected chi connectivity index (χ3v) is 7.85. The number of nitrogens with zero attached hydrogens (tertiary/aromatic N) is 2. The average molecular weight is 490 g/mol. The zero-order chi connectivity index (χ0) is 25.2. The molecule has 0 aromatic carbocycles. The Bertz CT molecular complexity index is 547. The maximum Gasteiger partial charge on any atom is 0.256 e. The van der Waals surface area contributed by atoms with E-state index in [-0.39, 0.29) is 0 Å². The summed E-state index contributed by atoms with van der Waals surface area (Å²) in [4.78, 5) is 0. The van der Waals surface area contributed by atoms with Gasteiger partial charge in [-0.25, -0.2) is 9.13 Å². The van der Waals surface area contributed by atoms with Crippen LogP contribution in [0.5, 0.6) is 0 Å². The van der Waals surface area contributed by atoms with Gasteiger partial charge in [-0.3, -0.25) is 0 Å². The van der Waals surface area contributed by atoms with Gasteiger partial charge >= 0.3 is 0 Å². The third kappa shape index (κ3) is 18.2.